The second-order valence-electron chi connectivity index (χ2n) is 10.9. The van der Waals surface area contributed by atoms with Crippen LogP contribution in [0.5, 0.6) is 0 Å². The summed E-state index contributed by atoms with van der Waals surface area (Å²) in [7, 11) is 17.1. The SMILES string of the molecule is CN(C)CCN(CCN(C)C)c1ccc2c(c1)S(I)=c1cc(N(CCN(C)C)CCN(C)C)ccc1=N2. The van der Waals surface area contributed by atoms with E-state index in [1.54, 1.807) is 0 Å². The zero-order valence-corrected chi connectivity index (χ0v) is 27.0. The highest BCUT2D eigenvalue weighted by Crippen LogP contribution is 2.46. The number of rotatable bonds is 14. The average molecular weight is 640 g/mol. The number of nitrogens with zero attached hydrogens (tertiary/aromatic N) is 7. The van der Waals surface area contributed by atoms with Crippen molar-refractivity contribution in [3.8, 4) is 0 Å². The van der Waals surface area contributed by atoms with Gasteiger partial charge in [-0.15, -0.1) is 0 Å². The fourth-order valence-electron chi connectivity index (χ4n) is 4.14. The van der Waals surface area contributed by atoms with Gasteiger partial charge >= 0.3 is 0 Å². The third-order valence-corrected chi connectivity index (χ3v) is 10.8. The van der Waals surface area contributed by atoms with Gasteiger partial charge in [0.1, 0.15) is 0 Å². The molecule has 2 aromatic carbocycles. The maximum Gasteiger partial charge on any atom is 0.0777 e. The van der Waals surface area contributed by atoms with Crippen LogP contribution in [0.4, 0.5) is 17.1 Å². The van der Waals surface area contributed by atoms with Gasteiger partial charge in [0, 0.05) is 73.1 Å². The summed E-state index contributed by atoms with van der Waals surface area (Å²) in [5, 5.41) is 1.11. The van der Waals surface area contributed by atoms with E-state index >= 15 is 0 Å². The quantitative estimate of drug-likeness (QED) is 0.232. The topological polar surface area (TPSA) is 31.8 Å². The largest absolute Gasteiger partial charge is 0.369 e. The van der Waals surface area contributed by atoms with E-state index in [9.17, 15) is 0 Å². The summed E-state index contributed by atoms with van der Waals surface area (Å²) in [6.07, 6.45) is 0. The second-order valence-corrected chi connectivity index (χ2v) is 14.9. The lowest BCUT2D eigenvalue weighted by atomic mass is 10.2. The van der Waals surface area contributed by atoms with Gasteiger partial charge in [-0.05, 0) is 114 Å². The van der Waals surface area contributed by atoms with Gasteiger partial charge in [0.05, 0.1) is 11.0 Å². The first-order chi connectivity index (χ1) is 17.5. The van der Waals surface area contributed by atoms with Crippen molar-refractivity contribution >= 4 is 45.9 Å². The molecule has 206 valence electrons. The van der Waals surface area contributed by atoms with Crippen LogP contribution in [0.1, 0.15) is 0 Å². The molecule has 7 nitrogen and oxygen atoms in total. The van der Waals surface area contributed by atoms with Gasteiger partial charge < -0.3 is 29.4 Å². The Balaban J connectivity index is 1.97. The van der Waals surface area contributed by atoms with E-state index in [0.29, 0.717) is 0 Å². The van der Waals surface area contributed by atoms with Crippen molar-refractivity contribution in [2.75, 3.05) is 119 Å². The number of hydrogen-bond donors (Lipinski definition) is 0. The predicted octanol–water partition coefficient (Wildman–Crippen LogP) is 3.74. The van der Waals surface area contributed by atoms with Gasteiger partial charge in [-0.25, -0.2) is 4.99 Å². The Hall–Kier alpha value is -1.24. The van der Waals surface area contributed by atoms with E-state index in [0.717, 1.165) is 63.4 Å². The van der Waals surface area contributed by atoms with Crippen LogP contribution in [-0.4, -0.2) is 128 Å². The van der Waals surface area contributed by atoms with Crippen LogP contribution >= 0.6 is 28.9 Å². The molecule has 0 saturated carbocycles. The third kappa shape index (κ3) is 8.90. The lowest BCUT2D eigenvalue weighted by Crippen LogP contribution is -2.36. The van der Waals surface area contributed by atoms with Gasteiger partial charge in [0.25, 0.3) is 0 Å². The molecule has 1 heterocycles. The molecule has 1 aliphatic heterocycles. The zero-order chi connectivity index (χ0) is 27.1. The van der Waals surface area contributed by atoms with Crippen LogP contribution in [-0.2, 0) is 0 Å². The molecule has 0 N–H and O–H groups in total. The maximum atomic E-state index is 5.09. The van der Waals surface area contributed by atoms with Crippen LogP contribution in [0.2, 0.25) is 0 Å². The highest BCUT2D eigenvalue weighted by molar-refractivity contribution is 14.2. The maximum absolute atomic E-state index is 5.09. The second kappa shape index (κ2) is 14.2. The minimum absolute atomic E-state index is 0.0634. The summed E-state index contributed by atoms with van der Waals surface area (Å²) in [5.41, 5.74) is 3.70. The molecule has 0 bridgehead atoms. The Bertz CT molecular complexity index is 1130. The van der Waals surface area contributed by atoms with Crippen molar-refractivity contribution in [1.82, 2.24) is 19.6 Å². The van der Waals surface area contributed by atoms with Crippen LogP contribution in [0.25, 0.3) is 0 Å². The Morgan fingerprint density at radius 3 is 1.49 bits per heavy atom. The molecular formula is C28H46IN7S. The number of likely N-dealkylation sites (N-methyl/N-ethyl adjacent to an activating group) is 4. The molecule has 0 amide bonds. The normalized spacial score (nSPS) is 14.8. The smallest absolute Gasteiger partial charge is 0.0777 e. The van der Waals surface area contributed by atoms with Crippen molar-refractivity contribution < 1.29 is 0 Å². The molecule has 0 saturated heterocycles. The Kier molecular flexibility index (Phi) is 11.7. The summed E-state index contributed by atoms with van der Waals surface area (Å²) in [6, 6.07) is 13.7. The van der Waals surface area contributed by atoms with Crippen LogP contribution in [0, 0.1) is 4.51 Å². The van der Waals surface area contributed by atoms with Crippen LogP contribution in [0.15, 0.2) is 46.3 Å². The minimum atomic E-state index is -0.0634. The van der Waals surface area contributed by atoms with Crippen LogP contribution < -0.4 is 15.2 Å². The van der Waals surface area contributed by atoms with E-state index in [1.807, 2.05) is 0 Å². The van der Waals surface area contributed by atoms with E-state index in [2.05, 4.69) is 143 Å². The number of benzene rings is 2. The first-order valence-corrected chi connectivity index (χ1v) is 16.8. The molecule has 0 aromatic heterocycles. The van der Waals surface area contributed by atoms with E-state index in [1.165, 1.54) is 20.8 Å². The lowest BCUT2D eigenvalue weighted by molar-refractivity contribution is 0.391. The Labute approximate surface area is 239 Å². The molecule has 0 fully saturated rings. The highest BCUT2D eigenvalue weighted by atomic mass is 127. The highest BCUT2D eigenvalue weighted by Gasteiger charge is 2.16. The molecule has 1 aliphatic rings. The molecule has 9 heteroatoms. The summed E-state index contributed by atoms with van der Waals surface area (Å²) < 4.78 is 1.34. The van der Waals surface area contributed by atoms with Gasteiger partial charge in [0.15, 0.2) is 0 Å². The Morgan fingerprint density at radius 2 is 1.03 bits per heavy atom. The first-order valence-electron chi connectivity index (χ1n) is 13.0. The van der Waals surface area contributed by atoms with Crippen LogP contribution in [0.3, 0.4) is 0 Å². The van der Waals surface area contributed by atoms with Gasteiger partial charge in [0.2, 0.25) is 0 Å². The van der Waals surface area contributed by atoms with Crippen molar-refractivity contribution in [2.24, 2.45) is 4.99 Å². The summed E-state index contributed by atoms with van der Waals surface area (Å²) in [4.78, 5) is 20.5. The summed E-state index contributed by atoms with van der Waals surface area (Å²) in [6.45, 7) is 8.19. The summed E-state index contributed by atoms with van der Waals surface area (Å²) in [5.74, 6) is 0. The van der Waals surface area contributed by atoms with Crippen molar-refractivity contribution in [2.45, 2.75) is 4.90 Å². The fraction of sp³-hybridized carbons (Fsp3) is 0.571. The lowest BCUT2D eigenvalue weighted by Gasteiger charge is -2.29. The van der Waals surface area contributed by atoms with Crippen molar-refractivity contribution in [3.05, 3.63) is 46.3 Å². The molecule has 1 unspecified atom stereocenters. The standard InChI is InChI=1S/C28H46IN7S/c1-31(2)13-17-35(18-14-32(3)4)23-9-11-25-27(21-23)37(29)28-22-24(10-12-26(28)30-25)36(19-15-33(5)6)20-16-34(7)8/h9-12,21-22H,13-20H2,1-8H3. The molecule has 0 spiro atoms. The van der Waals surface area contributed by atoms with E-state index in [-0.39, 0.29) is 7.66 Å². The summed E-state index contributed by atoms with van der Waals surface area (Å²) >= 11 is 2.65. The van der Waals surface area contributed by atoms with E-state index < -0.39 is 0 Å². The average Bonchev–Trinajstić information content (AvgIpc) is 2.83. The third-order valence-electron chi connectivity index (χ3n) is 6.51. The van der Waals surface area contributed by atoms with Gasteiger partial charge in [-0.3, -0.25) is 0 Å². The number of halogens is 1. The van der Waals surface area contributed by atoms with E-state index in [4.69, 9.17) is 4.99 Å². The molecule has 0 radical (unpaired) electrons. The first kappa shape index (κ1) is 30.3. The zero-order valence-electron chi connectivity index (χ0n) is 24.0. The monoisotopic (exact) mass is 639 g/mol. The molecule has 3 rings (SSSR count). The van der Waals surface area contributed by atoms with Gasteiger partial charge in [-0.2, -0.15) is 0 Å². The Morgan fingerprint density at radius 1 is 0.595 bits per heavy atom. The van der Waals surface area contributed by atoms with Gasteiger partial charge in [-0.1, -0.05) is 7.66 Å². The molecule has 1 atom stereocenters. The molecule has 37 heavy (non-hydrogen) atoms. The number of anilines is 2. The number of hydrogen-bond acceptors (Lipinski definition) is 7. The molecular weight excluding hydrogens is 593 g/mol. The minimum Gasteiger partial charge on any atom is -0.369 e. The van der Waals surface area contributed by atoms with Crippen molar-refractivity contribution in [3.63, 3.8) is 0 Å². The van der Waals surface area contributed by atoms with Crippen molar-refractivity contribution in [1.29, 1.82) is 0 Å². The predicted molar refractivity (Wildman–Crippen MR) is 171 cm³/mol. The fourth-order valence-corrected chi connectivity index (χ4v) is 7.54. The molecule has 0 aliphatic carbocycles. The molecule has 2 aromatic rings. The number of fused-ring (bicyclic) bond motifs is 2.